The second-order valence-corrected chi connectivity index (χ2v) is 3.96. The van der Waals surface area contributed by atoms with Crippen molar-refractivity contribution in [2.75, 3.05) is 6.54 Å². The van der Waals surface area contributed by atoms with Crippen molar-refractivity contribution in [2.24, 2.45) is 11.7 Å². The molecule has 0 radical (unpaired) electrons. The Balaban J connectivity index is 3.53. The fourth-order valence-electron chi connectivity index (χ4n) is 0.989. The van der Waals surface area contributed by atoms with Gasteiger partial charge in [-0.1, -0.05) is 13.8 Å². The molecule has 0 aliphatic heterocycles. The first-order valence-electron chi connectivity index (χ1n) is 5.17. The molecule has 0 fully saturated rings. The lowest BCUT2D eigenvalue weighted by atomic mass is 10.0. The second-order valence-electron chi connectivity index (χ2n) is 3.96. The Morgan fingerprint density at radius 1 is 1.40 bits per heavy atom. The summed E-state index contributed by atoms with van der Waals surface area (Å²) in [7, 11) is 0. The lowest BCUT2D eigenvalue weighted by molar-refractivity contribution is -0.137. The third-order valence-electron chi connectivity index (χ3n) is 2.17. The van der Waals surface area contributed by atoms with Gasteiger partial charge in [-0.25, -0.2) is 0 Å². The zero-order valence-electron chi connectivity index (χ0n) is 9.32. The van der Waals surface area contributed by atoms with Crippen LogP contribution >= 0.6 is 0 Å². The summed E-state index contributed by atoms with van der Waals surface area (Å²) >= 11 is 0. The van der Waals surface area contributed by atoms with Gasteiger partial charge in [0.1, 0.15) is 0 Å². The number of rotatable bonds is 7. The van der Waals surface area contributed by atoms with Gasteiger partial charge >= 0.3 is 5.97 Å². The summed E-state index contributed by atoms with van der Waals surface area (Å²) in [6.45, 7) is 4.32. The first kappa shape index (κ1) is 13.9. The Morgan fingerprint density at radius 2 is 2.00 bits per heavy atom. The normalized spacial score (nSPS) is 12.5. The molecule has 0 aromatic rings. The van der Waals surface area contributed by atoms with Crippen LogP contribution in [-0.4, -0.2) is 29.6 Å². The van der Waals surface area contributed by atoms with Crippen molar-refractivity contribution in [3.63, 3.8) is 0 Å². The van der Waals surface area contributed by atoms with Gasteiger partial charge in [0.05, 0.1) is 0 Å². The van der Waals surface area contributed by atoms with Crippen LogP contribution in [0.5, 0.6) is 0 Å². The Morgan fingerprint density at radius 3 is 2.47 bits per heavy atom. The van der Waals surface area contributed by atoms with E-state index in [9.17, 15) is 9.59 Å². The topological polar surface area (TPSA) is 92.4 Å². The number of amides is 1. The van der Waals surface area contributed by atoms with E-state index in [1.54, 1.807) is 0 Å². The fraction of sp³-hybridized carbons (Fsp3) is 0.800. The van der Waals surface area contributed by atoms with E-state index < -0.39 is 5.97 Å². The van der Waals surface area contributed by atoms with Gasteiger partial charge in [0.2, 0.25) is 5.91 Å². The summed E-state index contributed by atoms with van der Waals surface area (Å²) < 4.78 is 0. The maximum atomic E-state index is 11.3. The second kappa shape index (κ2) is 7.23. The fourth-order valence-corrected chi connectivity index (χ4v) is 0.989. The molecule has 0 saturated carbocycles. The molecular weight excluding hydrogens is 196 g/mol. The van der Waals surface area contributed by atoms with Crippen molar-refractivity contribution in [1.29, 1.82) is 0 Å². The van der Waals surface area contributed by atoms with E-state index >= 15 is 0 Å². The number of aliphatic carboxylic acids is 1. The first-order valence-corrected chi connectivity index (χ1v) is 5.17. The molecule has 0 bridgehead atoms. The van der Waals surface area contributed by atoms with E-state index in [0.717, 1.165) is 0 Å². The average molecular weight is 216 g/mol. The predicted octanol–water partition coefficient (Wildman–Crippen LogP) is 0.341. The molecule has 15 heavy (non-hydrogen) atoms. The molecule has 0 aromatic carbocycles. The molecule has 1 unspecified atom stereocenters. The number of carboxylic acids is 1. The number of carboxylic acid groups (broad SMARTS) is 1. The monoisotopic (exact) mass is 216 g/mol. The summed E-state index contributed by atoms with van der Waals surface area (Å²) in [6, 6.07) is -0.135. The quantitative estimate of drug-likeness (QED) is 0.535. The molecule has 0 heterocycles. The van der Waals surface area contributed by atoms with E-state index in [-0.39, 0.29) is 24.3 Å². The summed E-state index contributed by atoms with van der Waals surface area (Å²) in [4.78, 5) is 21.4. The lowest BCUT2D eigenvalue weighted by Crippen LogP contribution is -2.35. The molecule has 1 amide bonds. The van der Waals surface area contributed by atoms with Crippen molar-refractivity contribution < 1.29 is 14.7 Å². The van der Waals surface area contributed by atoms with Crippen molar-refractivity contribution in [2.45, 2.75) is 39.2 Å². The molecule has 0 aromatic heterocycles. The summed E-state index contributed by atoms with van der Waals surface area (Å²) in [6.07, 6.45) is 0.833. The third-order valence-corrected chi connectivity index (χ3v) is 2.17. The van der Waals surface area contributed by atoms with Crippen molar-refractivity contribution >= 4 is 11.9 Å². The van der Waals surface area contributed by atoms with Crippen LogP contribution in [0.2, 0.25) is 0 Å². The van der Waals surface area contributed by atoms with Crippen LogP contribution in [0.15, 0.2) is 0 Å². The van der Waals surface area contributed by atoms with Crippen LogP contribution in [0, 0.1) is 5.92 Å². The van der Waals surface area contributed by atoms with E-state index in [1.165, 1.54) is 0 Å². The number of nitrogens with two attached hydrogens (primary N) is 1. The minimum absolute atomic E-state index is 0.0799. The van der Waals surface area contributed by atoms with E-state index in [4.69, 9.17) is 10.8 Å². The number of nitrogens with one attached hydrogen (secondary N) is 1. The van der Waals surface area contributed by atoms with Crippen molar-refractivity contribution in [1.82, 2.24) is 5.32 Å². The molecular formula is C10H20N2O3. The first-order chi connectivity index (χ1) is 6.93. The smallest absolute Gasteiger partial charge is 0.303 e. The van der Waals surface area contributed by atoms with Gasteiger partial charge in [-0.15, -0.1) is 0 Å². The SMILES string of the molecule is CC(C)C(N)CC(=O)NCCCC(=O)O. The zero-order chi connectivity index (χ0) is 11.8. The molecule has 88 valence electrons. The van der Waals surface area contributed by atoms with Crippen molar-refractivity contribution in [3.05, 3.63) is 0 Å². The summed E-state index contributed by atoms with van der Waals surface area (Å²) in [5.74, 6) is -0.681. The van der Waals surface area contributed by atoms with Crippen LogP contribution in [0.4, 0.5) is 0 Å². The van der Waals surface area contributed by atoms with Gasteiger partial charge in [-0.3, -0.25) is 9.59 Å². The van der Waals surface area contributed by atoms with Crippen LogP contribution in [0.25, 0.3) is 0 Å². The Hall–Kier alpha value is -1.10. The Labute approximate surface area is 90.0 Å². The third kappa shape index (κ3) is 7.93. The highest BCUT2D eigenvalue weighted by atomic mass is 16.4. The van der Waals surface area contributed by atoms with Crippen LogP contribution < -0.4 is 11.1 Å². The molecule has 0 spiro atoms. The highest BCUT2D eigenvalue weighted by molar-refractivity contribution is 5.76. The lowest BCUT2D eigenvalue weighted by Gasteiger charge is -2.14. The van der Waals surface area contributed by atoms with E-state index in [0.29, 0.717) is 19.4 Å². The number of hydrogen-bond donors (Lipinski definition) is 3. The van der Waals surface area contributed by atoms with Gasteiger partial charge < -0.3 is 16.2 Å². The maximum Gasteiger partial charge on any atom is 0.303 e. The molecule has 0 rings (SSSR count). The zero-order valence-corrected chi connectivity index (χ0v) is 9.32. The van der Waals surface area contributed by atoms with Gasteiger partial charge in [0.15, 0.2) is 0 Å². The average Bonchev–Trinajstić information content (AvgIpc) is 2.12. The summed E-state index contributed by atoms with van der Waals surface area (Å²) in [5, 5.41) is 11.0. The van der Waals surface area contributed by atoms with Gasteiger partial charge in [-0.2, -0.15) is 0 Å². The van der Waals surface area contributed by atoms with E-state index in [2.05, 4.69) is 5.32 Å². The number of carbonyl (C=O) groups is 2. The molecule has 5 heteroatoms. The van der Waals surface area contributed by atoms with Crippen LogP contribution in [0.3, 0.4) is 0 Å². The summed E-state index contributed by atoms with van der Waals surface area (Å²) in [5.41, 5.74) is 5.71. The largest absolute Gasteiger partial charge is 0.481 e. The Bertz CT molecular complexity index is 217. The number of carbonyl (C=O) groups excluding carboxylic acids is 1. The van der Waals surface area contributed by atoms with Gasteiger partial charge in [-0.05, 0) is 12.3 Å². The van der Waals surface area contributed by atoms with Crippen LogP contribution in [0.1, 0.15) is 33.1 Å². The number of hydrogen-bond acceptors (Lipinski definition) is 3. The highest BCUT2D eigenvalue weighted by Crippen LogP contribution is 2.02. The Kier molecular flexibility index (Phi) is 6.70. The highest BCUT2D eigenvalue weighted by Gasteiger charge is 2.12. The van der Waals surface area contributed by atoms with Crippen molar-refractivity contribution in [3.8, 4) is 0 Å². The van der Waals surface area contributed by atoms with Gasteiger partial charge in [0, 0.05) is 25.4 Å². The minimum Gasteiger partial charge on any atom is -0.481 e. The molecule has 0 aliphatic rings. The maximum absolute atomic E-state index is 11.3. The molecule has 5 nitrogen and oxygen atoms in total. The van der Waals surface area contributed by atoms with E-state index in [1.807, 2.05) is 13.8 Å². The van der Waals surface area contributed by atoms with Gasteiger partial charge in [0.25, 0.3) is 0 Å². The van der Waals surface area contributed by atoms with Crippen LogP contribution in [-0.2, 0) is 9.59 Å². The molecule has 1 atom stereocenters. The predicted molar refractivity (Wildman–Crippen MR) is 57.3 cm³/mol. The standard InChI is InChI=1S/C10H20N2O3/c1-7(2)8(11)6-9(13)12-5-3-4-10(14)15/h7-8H,3-6,11H2,1-2H3,(H,12,13)(H,14,15). The molecule has 4 N–H and O–H groups in total. The minimum atomic E-state index is -0.844. The molecule has 0 aliphatic carbocycles. The molecule has 0 saturated heterocycles.